The molecule has 0 aliphatic carbocycles. The summed E-state index contributed by atoms with van der Waals surface area (Å²) in [4.78, 5) is 36.7. The molecular formula is C30H29N7O4S. The average Bonchev–Trinajstić information content (AvgIpc) is 3.60. The van der Waals surface area contributed by atoms with Gasteiger partial charge >= 0.3 is 0 Å². The van der Waals surface area contributed by atoms with Crippen molar-refractivity contribution in [3.8, 4) is 11.5 Å². The number of carbonyl (C=O) groups excluding carboxylic acids is 2. The molecule has 11 nitrogen and oxygen atoms in total. The number of aromatic amines is 1. The number of para-hydroxylation sites is 1. The molecular weight excluding hydrogens is 554 g/mol. The van der Waals surface area contributed by atoms with E-state index in [0.717, 1.165) is 35.0 Å². The fraction of sp³-hybridized carbons (Fsp3) is 0.300. The van der Waals surface area contributed by atoms with Gasteiger partial charge in [0.05, 0.1) is 28.8 Å². The molecule has 7 rings (SSSR count). The van der Waals surface area contributed by atoms with Gasteiger partial charge in [-0.3, -0.25) is 20.0 Å². The highest BCUT2D eigenvalue weighted by Crippen LogP contribution is 2.35. The zero-order chi connectivity index (χ0) is 28.7. The standard InChI is InChI=1S/C30H29N7O4S/c1-30(16-40-17-30)28(39)37-14-4-5-19(15-37)32-26-24-22(12-13-31-25(24)35-36-26)41-20-10-8-18(9-11-20)27(38)34-29-33-21-6-2-3-7-23(21)42-29/h2-3,6-13,19H,4-5,14-17H2,1H3,(H,33,34,38)(H2,31,32,35,36)/t19-/m1/s1. The van der Waals surface area contributed by atoms with Crippen LogP contribution in [0.2, 0.25) is 0 Å². The zero-order valence-corrected chi connectivity index (χ0v) is 23.7. The van der Waals surface area contributed by atoms with Crippen LogP contribution < -0.4 is 15.4 Å². The molecule has 2 aliphatic rings. The first-order chi connectivity index (χ1) is 20.4. The van der Waals surface area contributed by atoms with Crippen LogP contribution in [-0.4, -0.2) is 69.2 Å². The number of thiazole rings is 1. The van der Waals surface area contributed by atoms with E-state index in [1.165, 1.54) is 11.3 Å². The van der Waals surface area contributed by atoms with Gasteiger partial charge in [-0.05, 0) is 56.2 Å². The number of aromatic nitrogens is 4. The molecule has 5 aromatic rings. The number of hydrogen-bond acceptors (Lipinski definition) is 9. The van der Waals surface area contributed by atoms with Gasteiger partial charge in [-0.1, -0.05) is 23.5 Å². The number of nitrogens with zero attached hydrogens (tertiary/aromatic N) is 4. The Balaban J connectivity index is 1.04. The van der Waals surface area contributed by atoms with Crippen molar-refractivity contribution < 1.29 is 19.1 Å². The molecule has 2 aliphatic heterocycles. The molecule has 0 spiro atoms. The van der Waals surface area contributed by atoms with Gasteiger partial charge in [0.15, 0.2) is 16.6 Å². The van der Waals surface area contributed by atoms with Crippen molar-refractivity contribution in [2.45, 2.75) is 25.8 Å². The summed E-state index contributed by atoms with van der Waals surface area (Å²) in [6.07, 6.45) is 3.48. The molecule has 2 saturated heterocycles. The van der Waals surface area contributed by atoms with Crippen LogP contribution in [0.3, 0.4) is 0 Å². The largest absolute Gasteiger partial charge is 0.456 e. The smallest absolute Gasteiger partial charge is 0.257 e. The first-order valence-corrected chi connectivity index (χ1v) is 14.7. The third-order valence-electron chi connectivity index (χ3n) is 7.69. The maximum absolute atomic E-state index is 13.1. The molecule has 214 valence electrons. The van der Waals surface area contributed by atoms with Gasteiger partial charge in [0.2, 0.25) is 5.91 Å². The van der Waals surface area contributed by atoms with E-state index < -0.39 is 5.41 Å². The number of piperidine rings is 1. The summed E-state index contributed by atoms with van der Waals surface area (Å²) in [7, 11) is 0. The lowest BCUT2D eigenvalue weighted by Gasteiger charge is -2.43. The van der Waals surface area contributed by atoms with Crippen molar-refractivity contribution in [2.75, 3.05) is 36.9 Å². The van der Waals surface area contributed by atoms with Gasteiger partial charge in [-0.15, -0.1) is 0 Å². The van der Waals surface area contributed by atoms with Crippen LogP contribution in [0.15, 0.2) is 60.8 Å². The van der Waals surface area contributed by atoms with Crippen molar-refractivity contribution in [1.29, 1.82) is 0 Å². The summed E-state index contributed by atoms with van der Waals surface area (Å²) >= 11 is 1.43. The van der Waals surface area contributed by atoms with Crippen LogP contribution in [0.4, 0.5) is 10.9 Å². The van der Waals surface area contributed by atoms with Crippen LogP contribution in [0.25, 0.3) is 21.3 Å². The highest BCUT2D eigenvalue weighted by molar-refractivity contribution is 7.22. The fourth-order valence-electron chi connectivity index (χ4n) is 5.39. The maximum Gasteiger partial charge on any atom is 0.257 e. The van der Waals surface area contributed by atoms with Crippen molar-refractivity contribution >= 4 is 55.4 Å². The van der Waals surface area contributed by atoms with Crippen molar-refractivity contribution in [3.05, 3.63) is 66.4 Å². The quantitative estimate of drug-likeness (QED) is 0.242. The van der Waals surface area contributed by atoms with E-state index >= 15 is 0 Å². The Bertz CT molecular complexity index is 1750. The summed E-state index contributed by atoms with van der Waals surface area (Å²) in [6, 6.07) is 16.5. The number of hydrogen-bond donors (Lipinski definition) is 3. The van der Waals surface area contributed by atoms with Gasteiger partial charge in [-0.25, -0.2) is 9.97 Å². The Morgan fingerprint density at radius 1 is 1.14 bits per heavy atom. The van der Waals surface area contributed by atoms with Crippen LogP contribution >= 0.6 is 11.3 Å². The molecule has 0 saturated carbocycles. The van der Waals surface area contributed by atoms with E-state index in [1.807, 2.05) is 36.1 Å². The topological polar surface area (TPSA) is 134 Å². The van der Waals surface area contributed by atoms with Gasteiger partial charge in [0, 0.05) is 37.0 Å². The lowest BCUT2D eigenvalue weighted by molar-refractivity contribution is -0.169. The first-order valence-electron chi connectivity index (χ1n) is 13.9. The molecule has 2 amide bonds. The van der Waals surface area contributed by atoms with Crippen molar-refractivity contribution in [2.24, 2.45) is 5.41 Å². The molecule has 5 heterocycles. The Morgan fingerprint density at radius 3 is 2.76 bits per heavy atom. The Hall–Kier alpha value is -4.55. The lowest BCUT2D eigenvalue weighted by Crippen LogP contribution is -2.56. The van der Waals surface area contributed by atoms with Gasteiger partial charge in [0.1, 0.15) is 16.9 Å². The molecule has 42 heavy (non-hydrogen) atoms. The van der Waals surface area contributed by atoms with Gasteiger partial charge in [-0.2, -0.15) is 5.10 Å². The summed E-state index contributed by atoms with van der Waals surface area (Å²) in [6.45, 7) is 4.27. The second-order valence-corrected chi connectivity index (χ2v) is 12.0. The average molecular weight is 584 g/mol. The summed E-state index contributed by atoms with van der Waals surface area (Å²) in [5.41, 5.74) is 1.51. The molecule has 0 unspecified atom stereocenters. The first kappa shape index (κ1) is 26.4. The number of H-pyrrole nitrogens is 1. The summed E-state index contributed by atoms with van der Waals surface area (Å²) < 4.78 is 12.6. The van der Waals surface area contributed by atoms with E-state index in [2.05, 4.69) is 30.8 Å². The van der Waals surface area contributed by atoms with Crippen molar-refractivity contribution in [3.63, 3.8) is 0 Å². The third-order valence-corrected chi connectivity index (χ3v) is 8.64. The second kappa shape index (κ2) is 10.7. The Morgan fingerprint density at radius 2 is 1.98 bits per heavy atom. The minimum absolute atomic E-state index is 0.0417. The number of nitrogens with one attached hydrogen (secondary N) is 3. The predicted octanol–water partition coefficient (Wildman–Crippen LogP) is 5.05. The second-order valence-electron chi connectivity index (χ2n) is 11.0. The number of amides is 2. The normalized spacial score (nSPS) is 18.0. The molecule has 2 fully saturated rings. The summed E-state index contributed by atoms with van der Waals surface area (Å²) in [5, 5.41) is 15.1. The number of benzene rings is 2. The molecule has 0 bridgehead atoms. The number of pyridine rings is 1. The van der Waals surface area contributed by atoms with Gasteiger partial charge in [0.25, 0.3) is 5.91 Å². The van der Waals surface area contributed by atoms with E-state index in [0.29, 0.717) is 53.4 Å². The van der Waals surface area contributed by atoms with Crippen LogP contribution in [0.5, 0.6) is 11.5 Å². The minimum atomic E-state index is -0.419. The molecule has 3 N–H and O–H groups in total. The van der Waals surface area contributed by atoms with E-state index in [9.17, 15) is 9.59 Å². The molecule has 0 radical (unpaired) electrons. The highest BCUT2D eigenvalue weighted by atomic mass is 32.1. The molecule has 2 aromatic carbocycles. The Labute approximate surface area is 245 Å². The zero-order valence-electron chi connectivity index (χ0n) is 22.9. The number of rotatable bonds is 7. The minimum Gasteiger partial charge on any atom is -0.456 e. The monoisotopic (exact) mass is 583 g/mol. The van der Waals surface area contributed by atoms with Crippen molar-refractivity contribution in [1.82, 2.24) is 25.1 Å². The number of carbonyl (C=O) groups is 2. The lowest BCUT2D eigenvalue weighted by atomic mass is 9.86. The molecule has 3 aromatic heterocycles. The number of anilines is 2. The van der Waals surface area contributed by atoms with Crippen LogP contribution in [0, 0.1) is 5.41 Å². The molecule has 1 atom stereocenters. The predicted molar refractivity (Wildman–Crippen MR) is 160 cm³/mol. The number of likely N-dealkylation sites (tertiary alicyclic amines) is 1. The fourth-order valence-corrected chi connectivity index (χ4v) is 6.26. The van der Waals surface area contributed by atoms with E-state index in [1.54, 1.807) is 36.5 Å². The van der Waals surface area contributed by atoms with Crippen LogP contribution in [-0.2, 0) is 9.53 Å². The third kappa shape index (κ3) is 5.03. The van der Waals surface area contributed by atoms with Crippen LogP contribution in [0.1, 0.15) is 30.1 Å². The number of fused-ring (bicyclic) bond motifs is 2. The van der Waals surface area contributed by atoms with Gasteiger partial charge < -0.3 is 19.7 Å². The van der Waals surface area contributed by atoms with E-state index in [4.69, 9.17) is 9.47 Å². The Kier molecular flexibility index (Phi) is 6.71. The maximum atomic E-state index is 13.1. The number of ether oxygens (including phenoxy) is 2. The summed E-state index contributed by atoms with van der Waals surface area (Å²) in [5.74, 6) is 1.67. The van der Waals surface area contributed by atoms with E-state index in [-0.39, 0.29) is 17.9 Å². The highest BCUT2D eigenvalue weighted by Gasteiger charge is 2.44. The molecule has 12 heteroatoms. The SMILES string of the molecule is CC1(C(=O)N2CCC[C@@H](Nc3n[nH]c4nccc(Oc5ccc(C(=O)Nc6nc7ccccc7s6)cc5)c34)C2)COC1.